The highest BCUT2D eigenvalue weighted by Crippen LogP contribution is 2.33. The van der Waals surface area contributed by atoms with Crippen molar-refractivity contribution in [2.24, 2.45) is 0 Å². The van der Waals surface area contributed by atoms with Gasteiger partial charge in [0.15, 0.2) is 0 Å². The second-order valence-electron chi connectivity index (χ2n) is 5.70. The summed E-state index contributed by atoms with van der Waals surface area (Å²) in [5.41, 5.74) is 1.26. The Balaban J connectivity index is 2.02. The van der Waals surface area contributed by atoms with Gasteiger partial charge in [-0.25, -0.2) is 4.79 Å². The van der Waals surface area contributed by atoms with Crippen LogP contribution >= 0.6 is 0 Å². The van der Waals surface area contributed by atoms with Crippen LogP contribution in [0.1, 0.15) is 44.1 Å². The molecule has 2 N–H and O–H groups in total. The Hall–Kier alpha value is -2.04. The molecule has 0 spiro atoms. The van der Waals surface area contributed by atoms with Gasteiger partial charge < -0.3 is 15.3 Å². The summed E-state index contributed by atoms with van der Waals surface area (Å²) in [7, 11) is 0. The zero-order valence-electron chi connectivity index (χ0n) is 13.0. The molecule has 0 bridgehead atoms. The van der Waals surface area contributed by atoms with Crippen LogP contribution < -0.4 is 5.32 Å². The van der Waals surface area contributed by atoms with E-state index in [1.54, 1.807) is 0 Å². The van der Waals surface area contributed by atoms with Gasteiger partial charge in [0.05, 0.1) is 6.42 Å². The maximum atomic E-state index is 12.3. The smallest absolute Gasteiger partial charge is 0.317 e. The van der Waals surface area contributed by atoms with Gasteiger partial charge in [0.2, 0.25) is 0 Å². The average molecular weight is 304 g/mol. The fraction of sp³-hybridized carbons (Fsp3) is 0.529. The van der Waals surface area contributed by atoms with Crippen LogP contribution in [0.3, 0.4) is 0 Å². The van der Waals surface area contributed by atoms with E-state index < -0.39 is 5.97 Å². The lowest BCUT2D eigenvalue weighted by atomic mass is 9.88. The number of likely N-dealkylation sites (tertiary alicyclic amines) is 1. The van der Waals surface area contributed by atoms with Crippen LogP contribution in [0.4, 0.5) is 4.79 Å². The van der Waals surface area contributed by atoms with E-state index in [4.69, 9.17) is 5.11 Å². The lowest BCUT2D eigenvalue weighted by Crippen LogP contribution is -2.45. The lowest BCUT2D eigenvalue weighted by Gasteiger charge is -2.31. The van der Waals surface area contributed by atoms with Crippen LogP contribution in [0.25, 0.3) is 0 Å². The van der Waals surface area contributed by atoms with Gasteiger partial charge in [0.1, 0.15) is 0 Å². The summed E-state index contributed by atoms with van der Waals surface area (Å²) in [5.74, 6) is -0.567. The molecule has 5 heteroatoms. The van der Waals surface area contributed by atoms with Crippen LogP contribution in [0, 0.1) is 0 Å². The first-order valence-electron chi connectivity index (χ1n) is 7.94. The normalized spacial score (nSPS) is 19.0. The third-order valence-corrected chi connectivity index (χ3v) is 4.31. The number of carbonyl (C=O) groups excluding carboxylic acids is 1. The summed E-state index contributed by atoms with van der Waals surface area (Å²) in [4.78, 5) is 24.7. The molecule has 2 unspecified atom stereocenters. The number of benzene rings is 1. The van der Waals surface area contributed by atoms with Crippen molar-refractivity contribution >= 4 is 12.0 Å². The number of carboxylic acid groups (broad SMARTS) is 1. The minimum absolute atomic E-state index is 0.0415. The molecule has 22 heavy (non-hydrogen) atoms. The minimum Gasteiger partial charge on any atom is -0.481 e. The number of nitrogens with zero attached hydrogens (tertiary/aromatic N) is 1. The number of nitrogens with one attached hydrogen (secondary N) is 1. The van der Waals surface area contributed by atoms with Gasteiger partial charge in [-0.2, -0.15) is 0 Å². The SMILES string of the molecule is CCC(c1ccccc1)C1CCCN1C(=O)NCCC(=O)O. The number of carboxylic acids is 1. The van der Waals surface area contributed by atoms with E-state index in [0.717, 1.165) is 25.8 Å². The summed E-state index contributed by atoms with van der Waals surface area (Å²) < 4.78 is 0. The molecule has 0 radical (unpaired) electrons. The summed E-state index contributed by atoms with van der Waals surface area (Å²) in [6, 6.07) is 10.4. The van der Waals surface area contributed by atoms with Crippen LogP contribution in [0.15, 0.2) is 30.3 Å². The molecule has 120 valence electrons. The monoisotopic (exact) mass is 304 g/mol. The number of hydrogen-bond acceptors (Lipinski definition) is 2. The fourth-order valence-corrected chi connectivity index (χ4v) is 3.27. The van der Waals surface area contributed by atoms with Crippen molar-refractivity contribution in [3.05, 3.63) is 35.9 Å². The van der Waals surface area contributed by atoms with Gasteiger partial charge in [0, 0.05) is 25.0 Å². The largest absolute Gasteiger partial charge is 0.481 e. The fourth-order valence-electron chi connectivity index (χ4n) is 3.27. The molecule has 1 aromatic rings. The lowest BCUT2D eigenvalue weighted by molar-refractivity contribution is -0.136. The van der Waals surface area contributed by atoms with Gasteiger partial charge >= 0.3 is 12.0 Å². The van der Waals surface area contributed by atoms with Crippen molar-refractivity contribution in [3.8, 4) is 0 Å². The first kappa shape index (κ1) is 16.3. The molecular weight excluding hydrogens is 280 g/mol. The maximum absolute atomic E-state index is 12.3. The predicted octanol–water partition coefficient (Wildman–Crippen LogP) is 2.83. The highest BCUT2D eigenvalue weighted by Gasteiger charge is 2.34. The molecule has 2 atom stereocenters. The summed E-state index contributed by atoms with van der Waals surface area (Å²) in [6.45, 7) is 3.07. The summed E-state index contributed by atoms with van der Waals surface area (Å²) in [5, 5.41) is 11.4. The number of carbonyl (C=O) groups is 2. The van der Waals surface area contributed by atoms with Gasteiger partial charge in [-0.1, -0.05) is 37.3 Å². The van der Waals surface area contributed by atoms with Gasteiger partial charge in [-0.3, -0.25) is 4.79 Å². The zero-order valence-corrected chi connectivity index (χ0v) is 13.0. The third kappa shape index (κ3) is 4.00. The molecule has 1 aliphatic rings. The highest BCUT2D eigenvalue weighted by molar-refractivity contribution is 5.76. The van der Waals surface area contributed by atoms with Crippen LogP contribution in [0.5, 0.6) is 0 Å². The third-order valence-electron chi connectivity index (χ3n) is 4.31. The van der Waals surface area contributed by atoms with Crippen LogP contribution in [0.2, 0.25) is 0 Å². The van der Waals surface area contributed by atoms with E-state index in [0.29, 0.717) is 5.92 Å². The Morgan fingerprint density at radius 1 is 1.36 bits per heavy atom. The Bertz CT molecular complexity index is 504. The van der Waals surface area contributed by atoms with E-state index >= 15 is 0 Å². The van der Waals surface area contributed by atoms with Crippen LogP contribution in [-0.4, -0.2) is 41.1 Å². The van der Waals surface area contributed by atoms with E-state index in [1.807, 2.05) is 23.1 Å². The van der Waals surface area contributed by atoms with Crippen molar-refractivity contribution < 1.29 is 14.7 Å². The van der Waals surface area contributed by atoms with Crippen molar-refractivity contribution in [3.63, 3.8) is 0 Å². The Morgan fingerprint density at radius 3 is 2.73 bits per heavy atom. The Labute approximate surface area is 131 Å². The maximum Gasteiger partial charge on any atom is 0.317 e. The molecule has 1 saturated heterocycles. The van der Waals surface area contributed by atoms with E-state index in [9.17, 15) is 9.59 Å². The molecule has 5 nitrogen and oxygen atoms in total. The quantitative estimate of drug-likeness (QED) is 0.849. The van der Waals surface area contributed by atoms with Gasteiger partial charge in [-0.05, 0) is 24.8 Å². The highest BCUT2D eigenvalue weighted by atomic mass is 16.4. The second-order valence-corrected chi connectivity index (χ2v) is 5.70. The molecule has 0 aliphatic carbocycles. The summed E-state index contributed by atoms with van der Waals surface area (Å²) in [6.07, 6.45) is 2.94. The average Bonchev–Trinajstić information content (AvgIpc) is 2.98. The van der Waals surface area contributed by atoms with Crippen molar-refractivity contribution in [1.82, 2.24) is 10.2 Å². The molecule has 0 saturated carbocycles. The molecule has 2 rings (SSSR count). The second kappa shape index (κ2) is 7.82. The van der Waals surface area contributed by atoms with E-state index in [1.165, 1.54) is 5.56 Å². The van der Waals surface area contributed by atoms with E-state index in [-0.39, 0.29) is 25.0 Å². The van der Waals surface area contributed by atoms with Crippen LogP contribution in [-0.2, 0) is 4.79 Å². The molecule has 1 heterocycles. The standard InChI is InChI=1S/C17H24N2O3/c1-2-14(13-7-4-3-5-8-13)15-9-6-12-19(15)17(22)18-11-10-16(20)21/h3-5,7-8,14-15H,2,6,9-12H2,1H3,(H,18,22)(H,20,21). The molecular formula is C17H24N2O3. The van der Waals surface area contributed by atoms with Gasteiger partial charge in [0.25, 0.3) is 0 Å². The first-order chi connectivity index (χ1) is 10.6. The Morgan fingerprint density at radius 2 is 2.09 bits per heavy atom. The number of hydrogen-bond donors (Lipinski definition) is 2. The Kier molecular flexibility index (Phi) is 5.81. The number of urea groups is 1. The zero-order chi connectivity index (χ0) is 15.9. The molecule has 1 fully saturated rings. The number of aliphatic carboxylic acids is 1. The molecule has 1 aromatic carbocycles. The topological polar surface area (TPSA) is 69.6 Å². The van der Waals surface area contributed by atoms with Gasteiger partial charge in [-0.15, -0.1) is 0 Å². The molecule has 1 aliphatic heterocycles. The van der Waals surface area contributed by atoms with Crippen molar-refractivity contribution in [2.75, 3.05) is 13.1 Å². The predicted molar refractivity (Wildman–Crippen MR) is 84.9 cm³/mol. The first-order valence-corrected chi connectivity index (χ1v) is 7.94. The number of rotatable bonds is 6. The molecule has 2 amide bonds. The van der Waals surface area contributed by atoms with E-state index in [2.05, 4.69) is 24.4 Å². The van der Waals surface area contributed by atoms with Crippen molar-refractivity contribution in [1.29, 1.82) is 0 Å². The minimum atomic E-state index is -0.894. The number of amides is 2. The summed E-state index contributed by atoms with van der Waals surface area (Å²) >= 11 is 0. The van der Waals surface area contributed by atoms with Crippen molar-refractivity contribution in [2.45, 2.75) is 44.6 Å². The molecule has 0 aromatic heterocycles.